The number of thiazole rings is 1. The Morgan fingerprint density at radius 3 is 2.91 bits per heavy atom. The largest absolute Gasteiger partial charge is 0.478 e. The molecule has 0 bridgehead atoms. The second-order valence-electron chi connectivity index (χ2n) is 8.50. The molecule has 0 amide bonds. The molecule has 0 radical (unpaired) electrons. The van der Waals surface area contributed by atoms with Crippen molar-refractivity contribution in [1.29, 1.82) is 5.26 Å². The Morgan fingerprint density at radius 2 is 2.14 bits per heavy atom. The molecule has 0 spiro atoms. The van der Waals surface area contributed by atoms with E-state index in [2.05, 4.69) is 16.4 Å². The maximum Gasteiger partial charge on any atom is 0.337 e. The third-order valence-corrected chi connectivity index (χ3v) is 7.09. The van der Waals surface area contributed by atoms with Gasteiger partial charge in [0, 0.05) is 35.3 Å². The maximum absolute atomic E-state index is 13.4. The average molecular weight is 487 g/mol. The van der Waals surface area contributed by atoms with Crippen molar-refractivity contribution in [3.05, 3.63) is 85.2 Å². The third kappa shape index (κ3) is 4.00. The van der Waals surface area contributed by atoms with Crippen LogP contribution in [0.25, 0.3) is 5.65 Å². The summed E-state index contributed by atoms with van der Waals surface area (Å²) in [6.45, 7) is 4.87. The number of nitrogens with zero attached hydrogens (tertiary/aromatic N) is 5. The van der Waals surface area contributed by atoms with Crippen LogP contribution >= 0.6 is 11.3 Å². The Labute approximate surface area is 204 Å². The summed E-state index contributed by atoms with van der Waals surface area (Å²) in [5, 5.41) is 22.7. The van der Waals surface area contributed by atoms with Crippen LogP contribution in [0.5, 0.6) is 0 Å². The topological polar surface area (TPSA) is 124 Å². The Hall–Kier alpha value is -4.23. The first kappa shape index (κ1) is 22.6. The minimum absolute atomic E-state index is 0.00503. The quantitative estimate of drug-likeness (QED) is 0.437. The molecule has 176 valence electrons. The number of nitriles is 1. The van der Waals surface area contributed by atoms with Gasteiger partial charge >= 0.3 is 5.97 Å². The molecule has 10 heteroatoms. The van der Waals surface area contributed by atoms with E-state index in [0.717, 1.165) is 23.2 Å². The van der Waals surface area contributed by atoms with E-state index in [9.17, 15) is 20.0 Å². The summed E-state index contributed by atoms with van der Waals surface area (Å²) in [5.41, 5.74) is 4.90. The summed E-state index contributed by atoms with van der Waals surface area (Å²) >= 11 is 1.61. The Kier molecular flexibility index (Phi) is 5.70. The molecule has 2 N–H and O–H groups in total. The van der Waals surface area contributed by atoms with Gasteiger partial charge in [0.1, 0.15) is 11.7 Å². The second-order valence-corrected chi connectivity index (χ2v) is 9.44. The molecule has 0 fully saturated rings. The summed E-state index contributed by atoms with van der Waals surface area (Å²) in [6.07, 6.45) is 2.45. The number of para-hydroxylation sites is 1. The maximum atomic E-state index is 13.4. The highest BCUT2D eigenvalue weighted by Crippen LogP contribution is 2.29. The molecular weight excluding hydrogens is 464 g/mol. The summed E-state index contributed by atoms with van der Waals surface area (Å²) < 4.78 is 1.41. The Balaban J connectivity index is 1.63. The number of carboxylic acids is 1. The van der Waals surface area contributed by atoms with Gasteiger partial charge in [0.2, 0.25) is 0 Å². The molecule has 9 nitrogen and oxygen atoms in total. The molecule has 0 aliphatic carbocycles. The van der Waals surface area contributed by atoms with E-state index in [1.54, 1.807) is 35.7 Å². The standard InChI is InChI=1S/C25H22N6O3S/c1-14-9-17(15(2)28-19-6-4-3-5-16(19)25(33)34)23-29-22(18(10-26)24(32)31(23)11-14)30-8-7-21-20(12-30)27-13-35-21/h3-6,9,11,13,15,28H,7-8,12H2,1-2H3,(H,33,34)/t15-/m1/s1. The van der Waals surface area contributed by atoms with Gasteiger partial charge < -0.3 is 15.3 Å². The summed E-state index contributed by atoms with van der Waals surface area (Å²) in [4.78, 5) is 37.5. The minimum Gasteiger partial charge on any atom is -0.478 e. The lowest BCUT2D eigenvalue weighted by molar-refractivity contribution is 0.0698. The van der Waals surface area contributed by atoms with Crippen LogP contribution in [0.1, 0.15) is 50.6 Å². The number of aryl methyl sites for hydroxylation is 1. The van der Waals surface area contributed by atoms with E-state index >= 15 is 0 Å². The zero-order chi connectivity index (χ0) is 24.7. The number of aromatic carboxylic acids is 1. The monoisotopic (exact) mass is 486 g/mol. The summed E-state index contributed by atoms with van der Waals surface area (Å²) in [6, 6.07) is 10.3. The molecular formula is C25H22N6O3S. The van der Waals surface area contributed by atoms with Gasteiger partial charge in [-0.1, -0.05) is 12.1 Å². The zero-order valence-corrected chi connectivity index (χ0v) is 20.0. The van der Waals surface area contributed by atoms with Crippen molar-refractivity contribution in [1.82, 2.24) is 14.4 Å². The van der Waals surface area contributed by atoms with Gasteiger partial charge in [0.05, 0.1) is 29.4 Å². The second kappa shape index (κ2) is 8.85. The van der Waals surface area contributed by atoms with E-state index in [0.29, 0.717) is 30.2 Å². The first-order chi connectivity index (χ1) is 16.9. The lowest BCUT2D eigenvalue weighted by Crippen LogP contribution is -2.34. The van der Waals surface area contributed by atoms with Gasteiger partial charge in [-0.3, -0.25) is 9.20 Å². The predicted molar refractivity (Wildman–Crippen MR) is 133 cm³/mol. The average Bonchev–Trinajstić information content (AvgIpc) is 3.32. The molecule has 1 aliphatic rings. The van der Waals surface area contributed by atoms with Crippen LogP contribution < -0.4 is 15.8 Å². The lowest BCUT2D eigenvalue weighted by Gasteiger charge is -2.28. The van der Waals surface area contributed by atoms with E-state index in [1.807, 2.05) is 30.3 Å². The molecule has 0 unspecified atom stereocenters. The molecule has 0 saturated heterocycles. The molecule has 0 saturated carbocycles. The van der Waals surface area contributed by atoms with Crippen LogP contribution in [0, 0.1) is 18.3 Å². The lowest BCUT2D eigenvalue weighted by atomic mass is 10.1. The number of benzene rings is 1. The minimum atomic E-state index is -1.03. The number of aromatic nitrogens is 3. The fraction of sp³-hybridized carbons (Fsp3) is 0.240. The fourth-order valence-electron chi connectivity index (χ4n) is 4.45. The van der Waals surface area contributed by atoms with Crippen LogP contribution in [0.4, 0.5) is 11.5 Å². The van der Waals surface area contributed by atoms with Crippen molar-refractivity contribution >= 4 is 34.5 Å². The van der Waals surface area contributed by atoms with Crippen molar-refractivity contribution in [3.63, 3.8) is 0 Å². The molecule has 1 aliphatic heterocycles. The van der Waals surface area contributed by atoms with Crippen LogP contribution in [-0.2, 0) is 13.0 Å². The first-order valence-corrected chi connectivity index (χ1v) is 12.0. The van der Waals surface area contributed by atoms with Crippen molar-refractivity contribution in [2.75, 3.05) is 16.8 Å². The zero-order valence-electron chi connectivity index (χ0n) is 19.1. The van der Waals surface area contributed by atoms with Crippen molar-refractivity contribution in [3.8, 4) is 6.07 Å². The van der Waals surface area contributed by atoms with Crippen molar-refractivity contribution in [2.24, 2.45) is 0 Å². The van der Waals surface area contributed by atoms with Gasteiger partial charge in [-0.25, -0.2) is 14.8 Å². The molecule has 35 heavy (non-hydrogen) atoms. The molecule has 1 aromatic carbocycles. The number of fused-ring (bicyclic) bond motifs is 2. The summed E-state index contributed by atoms with van der Waals surface area (Å²) in [5.74, 6) is -0.685. The number of carbonyl (C=O) groups is 1. The molecule has 3 aromatic heterocycles. The van der Waals surface area contributed by atoms with Gasteiger partial charge in [0.15, 0.2) is 11.4 Å². The number of nitrogens with one attached hydrogen (secondary N) is 1. The molecule has 5 rings (SSSR count). The smallest absolute Gasteiger partial charge is 0.337 e. The van der Waals surface area contributed by atoms with Crippen LogP contribution in [0.3, 0.4) is 0 Å². The molecule has 1 atom stereocenters. The highest BCUT2D eigenvalue weighted by Gasteiger charge is 2.26. The third-order valence-electron chi connectivity index (χ3n) is 6.15. The van der Waals surface area contributed by atoms with Gasteiger partial charge in [0.25, 0.3) is 5.56 Å². The number of carboxylic acid groups (broad SMARTS) is 1. The predicted octanol–water partition coefficient (Wildman–Crippen LogP) is 3.77. The summed E-state index contributed by atoms with van der Waals surface area (Å²) in [7, 11) is 0. The van der Waals surface area contributed by atoms with E-state index in [1.165, 1.54) is 15.3 Å². The van der Waals surface area contributed by atoms with Crippen molar-refractivity contribution < 1.29 is 9.90 Å². The van der Waals surface area contributed by atoms with Gasteiger partial charge in [-0.05, 0) is 37.6 Å². The number of hydrogen-bond donors (Lipinski definition) is 2. The van der Waals surface area contributed by atoms with E-state index in [-0.39, 0.29) is 17.2 Å². The van der Waals surface area contributed by atoms with Crippen molar-refractivity contribution in [2.45, 2.75) is 32.9 Å². The van der Waals surface area contributed by atoms with E-state index in [4.69, 9.17) is 4.98 Å². The van der Waals surface area contributed by atoms with Gasteiger partial charge in [-0.15, -0.1) is 11.3 Å². The number of anilines is 2. The van der Waals surface area contributed by atoms with Crippen LogP contribution in [0.2, 0.25) is 0 Å². The fourth-order valence-corrected chi connectivity index (χ4v) is 5.22. The highest BCUT2D eigenvalue weighted by molar-refractivity contribution is 7.09. The number of rotatable bonds is 5. The Morgan fingerprint density at radius 1 is 1.34 bits per heavy atom. The number of pyridine rings is 1. The first-order valence-electron chi connectivity index (χ1n) is 11.1. The SMILES string of the molecule is Cc1cc([C@@H](C)Nc2ccccc2C(=O)O)c2nc(N3CCc4scnc4C3)c(C#N)c(=O)n2c1. The van der Waals surface area contributed by atoms with Crippen LogP contribution in [0.15, 0.2) is 46.8 Å². The normalized spacial score (nSPS) is 13.8. The highest BCUT2D eigenvalue weighted by atomic mass is 32.1. The molecule has 4 heterocycles. The molecule has 4 aromatic rings. The van der Waals surface area contributed by atoms with E-state index < -0.39 is 11.5 Å². The Bertz CT molecular complexity index is 1570. The van der Waals surface area contributed by atoms with Crippen LogP contribution in [-0.4, -0.2) is 32.0 Å². The number of hydrogen-bond acceptors (Lipinski definition) is 8. The van der Waals surface area contributed by atoms with Gasteiger partial charge in [-0.2, -0.15) is 5.26 Å².